The van der Waals surface area contributed by atoms with E-state index in [1.165, 1.54) is 47.4 Å². The Morgan fingerprint density at radius 3 is 2.42 bits per heavy atom. The van der Waals surface area contributed by atoms with Gasteiger partial charge >= 0.3 is 16.2 Å². The van der Waals surface area contributed by atoms with Crippen LogP contribution in [-0.4, -0.2) is 36.3 Å². The van der Waals surface area contributed by atoms with Gasteiger partial charge in [-0.1, -0.05) is 18.7 Å². The molecule has 0 fully saturated rings. The molecule has 0 unspecified atom stereocenters. The first kappa shape index (κ1) is 22.1. The minimum Gasteiger partial charge on any atom is -0.339 e. The number of aromatic nitrogens is 3. The maximum atomic E-state index is 12.4. The van der Waals surface area contributed by atoms with Gasteiger partial charge in [0.1, 0.15) is 0 Å². The molecule has 0 atom stereocenters. The number of aryl methyl sites for hydroxylation is 1. The van der Waals surface area contributed by atoms with E-state index >= 15 is 0 Å². The van der Waals surface area contributed by atoms with E-state index in [2.05, 4.69) is 21.8 Å². The van der Waals surface area contributed by atoms with Crippen molar-refractivity contribution in [1.82, 2.24) is 19.0 Å². The molecule has 164 valence electrons. The first-order valence-corrected chi connectivity index (χ1v) is 11.4. The van der Waals surface area contributed by atoms with Gasteiger partial charge < -0.3 is 9.40 Å². The van der Waals surface area contributed by atoms with Gasteiger partial charge in [0.2, 0.25) is 0 Å². The van der Waals surface area contributed by atoms with Crippen LogP contribution in [-0.2, 0) is 32.1 Å². The minimum atomic E-state index is -4.29. The Labute approximate surface area is 178 Å². The van der Waals surface area contributed by atoms with Gasteiger partial charge in [0.25, 0.3) is 10.0 Å². The Morgan fingerprint density at radius 2 is 1.87 bits per heavy atom. The molecule has 0 aliphatic carbocycles. The molecule has 0 bridgehead atoms. The molecule has 1 aromatic carbocycles. The van der Waals surface area contributed by atoms with Gasteiger partial charge in [-0.05, 0) is 23.8 Å². The number of nitrogens with zero attached hydrogens (tertiary/aromatic N) is 3. The number of rotatable bonds is 8. The van der Waals surface area contributed by atoms with Crippen molar-refractivity contribution < 1.29 is 26.5 Å². The highest BCUT2D eigenvalue weighted by molar-refractivity contribution is 7.92. The molecule has 0 aliphatic rings. The van der Waals surface area contributed by atoms with Crippen molar-refractivity contribution in [1.29, 1.82) is 0 Å². The summed E-state index contributed by atoms with van der Waals surface area (Å²) in [6.07, 6.45) is 4.90. The first-order valence-electron chi connectivity index (χ1n) is 8.46. The topological polar surface area (TPSA) is 167 Å². The van der Waals surface area contributed by atoms with E-state index in [0.717, 1.165) is 12.4 Å². The molecule has 12 nitrogen and oxygen atoms in total. The summed E-state index contributed by atoms with van der Waals surface area (Å²) < 4.78 is 52.9. The fraction of sp³-hybridized carbons (Fsp3) is 0.0588. The summed E-state index contributed by atoms with van der Waals surface area (Å²) in [5, 5.41) is 5.02. The van der Waals surface area contributed by atoms with Crippen molar-refractivity contribution in [2.24, 2.45) is 12.2 Å². The number of hydrogen-bond acceptors (Lipinski definition) is 8. The Morgan fingerprint density at radius 1 is 1.19 bits per heavy atom. The largest absolute Gasteiger partial charge is 0.380 e. The Bertz CT molecular complexity index is 1340. The Hall–Kier alpha value is -3.62. The highest BCUT2D eigenvalue weighted by Crippen LogP contribution is 2.28. The van der Waals surface area contributed by atoms with E-state index in [1.54, 1.807) is 7.05 Å². The van der Waals surface area contributed by atoms with Crippen LogP contribution in [0.25, 0.3) is 11.1 Å². The monoisotopic (exact) mass is 466 g/mol. The van der Waals surface area contributed by atoms with Gasteiger partial charge in [0.05, 0.1) is 6.33 Å². The summed E-state index contributed by atoms with van der Waals surface area (Å²) in [6.45, 7) is 3.33. The van der Waals surface area contributed by atoms with Gasteiger partial charge in [-0.3, -0.25) is 4.72 Å². The molecule has 0 radical (unpaired) electrons. The molecule has 3 aromatic rings. The number of carbonyl (C=O) groups excluding carboxylic acids is 1. The maximum Gasteiger partial charge on any atom is 0.380 e. The van der Waals surface area contributed by atoms with Crippen molar-refractivity contribution in [2.75, 3.05) is 4.72 Å². The van der Waals surface area contributed by atoms with Crippen LogP contribution >= 0.6 is 0 Å². The summed E-state index contributed by atoms with van der Waals surface area (Å²) in [5.41, 5.74) is 2.62. The zero-order valence-corrected chi connectivity index (χ0v) is 17.7. The highest BCUT2D eigenvalue weighted by atomic mass is 32.2. The van der Waals surface area contributed by atoms with Crippen molar-refractivity contribution in [3.05, 3.63) is 67.5 Å². The molecular formula is C17H18N6O6S2. The average molecular weight is 467 g/mol. The van der Waals surface area contributed by atoms with Crippen molar-refractivity contribution >= 4 is 31.9 Å². The lowest BCUT2D eigenvalue weighted by Gasteiger charge is -2.10. The molecule has 0 saturated carbocycles. The number of hydroxylamine groups is 1. The number of nitrogens with one attached hydrogen (secondary N) is 2. The zero-order valence-electron chi connectivity index (χ0n) is 16.1. The van der Waals surface area contributed by atoms with Gasteiger partial charge in [-0.2, -0.15) is 16.8 Å². The number of hydrogen-bond donors (Lipinski definition) is 3. The molecular weight excluding hydrogens is 448 g/mol. The van der Waals surface area contributed by atoms with Gasteiger partial charge in [-0.15, -0.1) is 0 Å². The number of nitrogens with two attached hydrogens (primary N) is 1. The third-order valence-electron chi connectivity index (χ3n) is 3.96. The van der Waals surface area contributed by atoms with Crippen LogP contribution in [0.2, 0.25) is 0 Å². The lowest BCUT2D eigenvalue weighted by molar-refractivity contribution is 0.0342. The number of benzene rings is 1. The Balaban J connectivity index is 1.94. The second-order valence-corrected chi connectivity index (χ2v) is 9.24. The summed E-state index contributed by atoms with van der Waals surface area (Å²) in [4.78, 5) is 20.9. The molecule has 2 aromatic heterocycles. The van der Waals surface area contributed by atoms with E-state index < -0.39 is 26.2 Å². The van der Waals surface area contributed by atoms with Crippen molar-refractivity contribution in [2.45, 2.75) is 5.03 Å². The minimum absolute atomic E-state index is 0.149. The molecule has 3 rings (SSSR count). The second-order valence-electron chi connectivity index (χ2n) is 6.19. The van der Waals surface area contributed by atoms with E-state index in [-0.39, 0.29) is 22.0 Å². The lowest BCUT2D eigenvalue weighted by Crippen LogP contribution is -2.27. The SMILES string of the molecule is C=CNOC(=O)c1c(-c2ccc(NS(=O)(=O)c3cn(C)cn3)cc2)ccn1S(N)(=O)=O. The average Bonchev–Trinajstić information content (AvgIpc) is 3.33. The van der Waals surface area contributed by atoms with Crippen molar-refractivity contribution in [3.8, 4) is 11.1 Å². The van der Waals surface area contributed by atoms with Crippen molar-refractivity contribution in [3.63, 3.8) is 0 Å². The molecule has 0 saturated heterocycles. The summed E-state index contributed by atoms with van der Waals surface area (Å²) in [5.74, 6) is -1.02. The third-order valence-corrected chi connectivity index (χ3v) is 6.08. The molecule has 0 aliphatic heterocycles. The predicted octanol–water partition coefficient (Wildman–Crippen LogP) is 0.546. The number of anilines is 1. The van der Waals surface area contributed by atoms with Crippen LogP contribution in [0.4, 0.5) is 5.69 Å². The summed E-state index contributed by atoms with van der Waals surface area (Å²) in [6, 6.07) is 7.25. The normalized spacial score (nSPS) is 11.7. The summed E-state index contributed by atoms with van der Waals surface area (Å²) in [7, 11) is -6.54. The van der Waals surface area contributed by atoms with E-state index in [1.807, 2.05) is 0 Å². The molecule has 0 amide bonds. The standard InChI is InChI=1S/C17H18N6O6S2/c1-3-20-29-17(24)16-14(8-9-23(16)31(18,27)28)12-4-6-13(7-5-12)21-30(25,26)15-10-22(2)11-19-15/h3-11,20-21H,1H2,2H3,(H2,18,27,28). The van der Waals surface area contributed by atoms with Crippen LogP contribution < -0.4 is 15.3 Å². The van der Waals surface area contributed by atoms with E-state index in [0.29, 0.717) is 9.54 Å². The smallest absolute Gasteiger partial charge is 0.339 e. The fourth-order valence-electron chi connectivity index (χ4n) is 2.66. The predicted molar refractivity (Wildman–Crippen MR) is 111 cm³/mol. The molecule has 2 heterocycles. The molecule has 0 spiro atoms. The first-order chi connectivity index (χ1) is 14.5. The fourth-order valence-corrected chi connectivity index (χ4v) is 4.36. The molecule has 14 heteroatoms. The van der Waals surface area contributed by atoms with Gasteiger partial charge in [0, 0.05) is 36.9 Å². The number of sulfonamides is 1. The summed E-state index contributed by atoms with van der Waals surface area (Å²) >= 11 is 0. The van der Waals surface area contributed by atoms with E-state index in [4.69, 9.17) is 9.98 Å². The van der Waals surface area contributed by atoms with Crippen LogP contribution in [0.5, 0.6) is 0 Å². The van der Waals surface area contributed by atoms with Crippen LogP contribution in [0.1, 0.15) is 10.5 Å². The molecule has 31 heavy (non-hydrogen) atoms. The maximum absolute atomic E-state index is 12.4. The zero-order chi connectivity index (χ0) is 22.8. The van der Waals surface area contributed by atoms with E-state index in [9.17, 15) is 21.6 Å². The second kappa shape index (κ2) is 8.25. The van der Waals surface area contributed by atoms with Crippen LogP contribution in [0.15, 0.2) is 66.9 Å². The number of carbonyl (C=O) groups is 1. The van der Waals surface area contributed by atoms with Gasteiger partial charge in [-0.25, -0.2) is 24.4 Å². The van der Waals surface area contributed by atoms with Gasteiger partial charge in [0.15, 0.2) is 10.7 Å². The van der Waals surface area contributed by atoms with Crippen LogP contribution in [0, 0.1) is 0 Å². The lowest BCUT2D eigenvalue weighted by atomic mass is 10.1. The molecule has 4 N–H and O–H groups in total. The Kier molecular flexibility index (Phi) is 5.88. The highest BCUT2D eigenvalue weighted by Gasteiger charge is 2.25. The quantitative estimate of drug-likeness (QED) is 0.404. The third kappa shape index (κ3) is 4.76. The van der Waals surface area contributed by atoms with Crippen LogP contribution in [0.3, 0.4) is 0 Å². The number of imidazole rings is 1.